The third-order valence-corrected chi connectivity index (χ3v) is 5.93. The van der Waals surface area contributed by atoms with Gasteiger partial charge in [0.25, 0.3) is 0 Å². The number of ether oxygens (including phenoxy) is 2. The number of fused-ring (bicyclic) bond motifs is 1. The Morgan fingerprint density at radius 3 is 2.52 bits per heavy atom. The van der Waals surface area contributed by atoms with Crippen LogP contribution in [0.25, 0.3) is 11.0 Å². The van der Waals surface area contributed by atoms with Crippen molar-refractivity contribution in [3.8, 4) is 0 Å². The molecule has 29 heavy (non-hydrogen) atoms. The second-order valence-electron chi connectivity index (χ2n) is 7.13. The van der Waals surface area contributed by atoms with E-state index >= 15 is 0 Å². The number of benzene rings is 2. The van der Waals surface area contributed by atoms with Crippen LogP contribution in [0.5, 0.6) is 0 Å². The highest BCUT2D eigenvalue weighted by Crippen LogP contribution is 2.30. The van der Waals surface area contributed by atoms with Gasteiger partial charge in [0.2, 0.25) is 0 Å². The summed E-state index contributed by atoms with van der Waals surface area (Å²) in [7, 11) is 1.70. The van der Waals surface area contributed by atoms with Crippen molar-refractivity contribution in [2.45, 2.75) is 45.1 Å². The number of nitrogens with zero attached hydrogens (tertiary/aromatic N) is 2. The molecule has 0 radical (unpaired) electrons. The quantitative estimate of drug-likeness (QED) is 0.382. The third-order valence-electron chi connectivity index (χ3n) is 4.93. The summed E-state index contributed by atoms with van der Waals surface area (Å²) in [6.07, 6.45) is 0. The van der Waals surface area contributed by atoms with E-state index in [1.165, 1.54) is 22.3 Å². The van der Waals surface area contributed by atoms with Crippen molar-refractivity contribution < 1.29 is 14.3 Å². The lowest BCUT2D eigenvalue weighted by Crippen LogP contribution is -2.06. The van der Waals surface area contributed by atoms with Crippen LogP contribution in [0.2, 0.25) is 0 Å². The standard InChI is InChI=1S/C23H28N2O3S/c1-6-28-22(26)18-7-8-21-20(13-18)24-23(25(21)9-10-27-5)29-14-19-16(3)11-15(2)12-17(19)4/h7-8,11-13H,6,9-10,14H2,1-5H3. The molecule has 3 rings (SSSR count). The molecule has 0 aliphatic rings. The Balaban J connectivity index is 1.94. The van der Waals surface area contributed by atoms with Crippen LogP contribution < -0.4 is 0 Å². The second kappa shape index (κ2) is 9.46. The minimum absolute atomic E-state index is 0.319. The van der Waals surface area contributed by atoms with Crippen molar-refractivity contribution >= 4 is 28.8 Å². The average molecular weight is 413 g/mol. The van der Waals surface area contributed by atoms with Crippen LogP contribution in [0.4, 0.5) is 0 Å². The molecule has 0 bridgehead atoms. The van der Waals surface area contributed by atoms with Gasteiger partial charge in [0, 0.05) is 19.4 Å². The van der Waals surface area contributed by atoms with Gasteiger partial charge in [-0.05, 0) is 62.6 Å². The molecule has 0 N–H and O–H groups in total. The minimum Gasteiger partial charge on any atom is -0.462 e. The summed E-state index contributed by atoms with van der Waals surface area (Å²) in [5, 5.41) is 0.928. The molecule has 3 aromatic rings. The van der Waals surface area contributed by atoms with Crippen molar-refractivity contribution in [2.75, 3.05) is 20.3 Å². The van der Waals surface area contributed by atoms with E-state index in [4.69, 9.17) is 14.5 Å². The van der Waals surface area contributed by atoms with E-state index in [2.05, 4.69) is 37.5 Å². The summed E-state index contributed by atoms with van der Waals surface area (Å²) >= 11 is 1.72. The maximum absolute atomic E-state index is 12.1. The molecule has 0 atom stereocenters. The van der Waals surface area contributed by atoms with Crippen molar-refractivity contribution in [1.29, 1.82) is 0 Å². The summed E-state index contributed by atoms with van der Waals surface area (Å²) in [5.74, 6) is 0.528. The number of aryl methyl sites for hydroxylation is 3. The summed E-state index contributed by atoms with van der Waals surface area (Å²) in [6.45, 7) is 9.92. The fraction of sp³-hybridized carbons (Fsp3) is 0.391. The summed E-state index contributed by atoms with van der Waals surface area (Å²) in [5.41, 5.74) is 7.56. The third kappa shape index (κ3) is 4.82. The van der Waals surface area contributed by atoms with Gasteiger partial charge in [-0.15, -0.1) is 0 Å². The topological polar surface area (TPSA) is 53.3 Å². The van der Waals surface area contributed by atoms with Gasteiger partial charge in [-0.3, -0.25) is 0 Å². The number of hydrogen-bond donors (Lipinski definition) is 0. The van der Waals surface area contributed by atoms with E-state index in [9.17, 15) is 4.79 Å². The number of carbonyl (C=O) groups excluding carboxylic acids is 1. The molecule has 0 fully saturated rings. The molecule has 0 spiro atoms. The highest BCUT2D eigenvalue weighted by molar-refractivity contribution is 7.98. The molecule has 0 unspecified atom stereocenters. The van der Waals surface area contributed by atoms with E-state index in [1.54, 1.807) is 31.9 Å². The maximum Gasteiger partial charge on any atom is 0.338 e. The van der Waals surface area contributed by atoms with Gasteiger partial charge in [0.15, 0.2) is 5.16 Å². The van der Waals surface area contributed by atoms with Gasteiger partial charge < -0.3 is 14.0 Å². The Morgan fingerprint density at radius 1 is 1.14 bits per heavy atom. The zero-order valence-corrected chi connectivity index (χ0v) is 18.6. The van der Waals surface area contributed by atoms with Gasteiger partial charge in [0.05, 0.1) is 29.8 Å². The van der Waals surface area contributed by atoms with Crippen LogP contribution in [-0.2, 0) is 21.8 Å². The largest absolute Gasteiger partial charge is 0.462 e. The fourth-order valence-corrected chi connectivity index (χ4v) is 4.77. The number of carbonyl (C=O) groups is 1. The molecule has 0 amide bonds. The van der Waals surface area contributed by atoms with Crippen LogP contribution in [0, 0.1) is 20.8 Å². The van der Waals surface area contributed by atoms with E-state index in [0.29, 0.717) is 25.3 Å². The lowest BCUT2D eigenvalue weighted by molar-refractivity contribution is 0.0526. The van der Waals surface area contributed by atoms with Crippen LogP contribution in [0.15, 0.2) is 35.5 Å². The fourth-order valence-electron chi connectivity index (χ4n) is 3.53. The van der Waals surface area contributed by atoms with Crippen LogP contribution >= 0.6 is 11.8 Å². The maximum atomic E-state index is 12.1. The minimum atomic E-state index is -0.319. The van der Waals surface area contributed by atoms with E-state index in [1.807, 2.05) is 12.1 Å². The summed E-state index contributed by atoms with van der Waals surface area (Å²) in [6, 6.07) is 10.00. The number of imidazole rings is 1. The van der Waals surface area contributed by atoms with Crippen LogP contribution in [0.1, 0.15) is 39.5 Å². The lowest BCUT2D eigenvalue weighted by Gasteiger charge is -2.12. The molecule has 0 saturated heterocycles. The smallest absolute Gasteiger partial charge is 0.338 e. The monoisotopic (exact) mass is 412 g/mol. The predicted molar refractivity (Wildman–Crippen MR) is 118 cm³/mol. The highest BCUT2D eigenvalue weighted by Gasteiger charge is 2.15. The van der Waals surface area contributed by atoms with Crippen molar-refractivity contribution in [2.24, 2.45) is 0 Å². The molecule has 0 aliphatic heterocycles. The first-order valence-corrected chi connectivity index (χ1v) is 10.8. The number of aromatic nitrogens is 2. The van der Waals surface area contributed by atoms with Gasteiger partial charge >= 0.3 is 5.97 Å². The molecule has 0 aliphatic carbocycles. The summed E-state index contributed by atoms with van der Waals surface area (Å²) < 4.78 is 12.6. The van der Waals surface area contributed by atoms with E-state index in [0.717, 1.165) is 21.9 Å². The number of esters is 1. The molecule has 1 aromatic heterocycles. The lowest BCUT2D eigenvalue weighted by atomic mass is 10.0. The predicted octanol–water partition coefficient (Wildman–Crippen LogP) is 5.08. The first-order chi connectivity index (χ1) is 13.9. The van der Waals surface area contributed by atoms with Gasteiger partial charge in [-0.2, -0.15) is 0 Å². The molecule has 154 valence electrons. The molecule has 6 heteroatoms. The first-order valence-electron chi connectivity index (χ1n) is 9.80. The normalized spacial score (nSPS) is 11.2. The van der Waals surface area contributed by atoms with Gasteiger partial charge in [0.1, 0.15) is 0 Å². The number of methoxy groups -OCH3 is 1. The molecule has 5 nitrogen and oxygen atoms in total. The zero-order chi connectivity index (χ0) is 21.0. The molecule has 0 saturated carbocycles. The average Bonchev–Trinajstić information content (AvgIpc) is 3.02. The number of rotatable bonds is 8. The van der Waals surface area contributed by atoms with Crippen LogP contribution in [-0.4, -0.2) is 35.8 Å². The zero-order valence-electron chi connectivity index (χ0n) is 17.7. The van der Waals surface area contributed by atoms with E-state index < -0.39 is 0 Å². The second-order valence-corrected chi connectivity index (χ2v) is 8.07. The Bertz CT molecular complexity index is 1000. The van der Waals surface area contributed by atoms with Crippen molar-refractivity contribution in [3.05, 3.63) is 58.1 Å². The Labute approximate surface area is 176 Å². The number of thioether (sulfide) groups is 1. The molecule has 1 heterocycles. The van der Waals surface area contributed by atoms with Crippen LogP contribution in [0.3, 0.4) is 0 Å². The van der Waals surface area contributed by atoms with Gasteiger partial charge in [-0.25, -0.2) is 9.78 Å². The molecular formula is C23H28N2O3S. The Hall–Kier alpha value is -2.31. The van der Waals surface area contributed by atoms with E-state index in [-0.39, 0.29) is 5.97 Å². The van der Waals surface area contributed by atoms with Crippen molar-refractivity contribution in [1.82, 2.24) is 9.55 Å². The highest BCUT2D eigenvalue weighted by atomic mass is 32.2. The summed E-state index contributed by atoms with van der Waals surface area (Å²) in [4.78, 5) is 16.9. The SMILES string of the molecule is CCOC(=O)c1ccc2c(c1)nc(SCc1c(C)cc(C)cc1C)n2CCOC. The van der Waals surface area contributed by atoms with Crippen molar-refractivity contribution in [3.63, 3.8) is 0 Å². The number of hydrogen-bond acceptors (Lipinski definition) is 5. The Morgan fingerprint density at radius 2 is 1.86 bits per heavy atom. The first kappa shape index (κ1) is 21.4. The Kier molecular flexibility index (Phi) is 6.98. The van der Waals surface area contributed by atoms with Gasteiger partial charge in [-0.1, -0.05) is 29.5 Å². The molecular weight excluding hydrogens is 384 g/mol. The molecule has 2 aromatic carbocycles.